The summed E-state index contributed by atoms with van der Waals surface area (Å²) in [6.45, 7) is 10.2. The van der Waals surface area contributed by atoms with Gasteiger partial charge in [0.15, 0.2) is 0 Å². The van der Waals surface area contributed by atoms with Gasteiger partial charge in [-0.3, -0.25) is 4.79 Å². The van der Waals surface area contributed by atoms with Gasteiger partial charge in [-0.1, -0.05) is 54.6 Å². The predicted molar refractivity (Wildman–Crippen MR) is 171 cm³/mol. The molecule has 0 aromatic heterocycles. The lowest BCUT2D eigenvalue weighted by Crippen LogP contribution is -2.44. The first-order valence-electron chi connectivity index (χ1n) is 13.5. The molecule has 0 saturated carbocycles. The number of halogens is 2. The van der Waals surface area contributed by atoms with Crippen molar-refractivity contribution >= 4 is 47.6 Å². The third-order valence-corrected chi connectivity index (χ3v) is 7.02. The Morgan fingerprint density at radius 1 is 0.800 bits per heavy atom. The van der Waals surface area contributed by atoms with Gasteiger partial charge in [0.1, 0.15) is 5.75 Å². The Balaban J connectivity index is 0.00000280. The standard InChI is InChI=1S/C33H40N2O3.2ClH/c1-33(2,3)32(37)38-24-8-11-30(25-9-6-5-7-10-25)31(27-14-18-29(36)19-15-27)26-12-16-28(17-13-26)35-22-20-34(4)21-23-35;;/h5-7,9-10,12-19,36H,8,11,20-24H2,1-4H3;2*1H/b31-30+;;. The van der Waals surface area contributed by atoms with Crippen LogP contribution >= 0.6 is 24.8 Å². The molecule has 1 aliphatic rings. The van der Waals surface area contributed by atoms with Gasteiger partial charge in [-0.2, -0.15) is 0 Å². The van der Waals surface area contributed by atoms with Crippen LogP contribution in [0.5, 0.6) is 5.75 Å². The first kappa shape index (κ1) is 33.2. The number of esters is 1. The van der Waals surface area contributed by atoms with Crippen LogP contribution in [-0.2, 0) is 9.53 Å². The van der Waals surface area contributed by atoms with E-state index in [0.29, 0.717) is 13.0 Å². The van der Waals surface area contributed by atoms with Crippen molar-refractivity contribution in [2.24, 2.45) is 5.41 Å². The summed E-state index contributed by atoms with van der Waals surface area (Å²) in [4.78, 5) is 17.1. The van der Waals surface area contributed by atoms with Crippen molar-refractivity contribution in [3.63, 3.8) is 0 Å². The van der Waals surface area contributed by atoms with Gasteiger partial charge in [0.05, 0.1) is 12.0 Å². The SMILES string of the molecule is CN1CCN(c2ccc(/C(=C(/CCCOC(=O)C(C)(C)C)c3ccccc3)c3ccc(O)cc3)cc2)CC1.Cl.Cl. The Kier molecular flexibility index (Phi) is 12.6. The second-order valence-electron chi connectivity index (χ2n) is 11.1. The Bertz CT molecular complexity index is 1230. The Labute approximate surface area is 251 Å². The van der Waals surface area contributed by atoms with Crippen LogP contribution in [0.4, 0.5) is 5.69 Å². The second kappa shape index (κ2) is 15.1. The molecule has 0 atom stereocenters. The normalized spacial score (nSPS) is 14.4. The summed E-state index contributed by atoms with van der Waals surface area (Å²) in [5.74, 6) is 0.0647. The molecule has 1 saturated heterocycles. The predicted octanol–water partition coefficient (Wildman–Crippen LogP) is 7.32. The zero-order chi connectivity index (χ0) is 27.1. The van der Waals surface area contributed by atoms with E-state index in [1.165, 1.54) is 11.3 Å². The first-order chi connectivity index (χ1) is 18.2. The average Bonchev–Trinajstić information content (AvgIpc) is 2.92. The average molecular weight is 586 g/mol. The summed E-state index contributed by atoms with van der Waals surface area (Å²) in [5.41, 5.74) is 6.35. The Hall–Kier alpha value is -2.99. The number of ether oxygens (including phenoxy) is 1. The summed E-state index contributed by atoms with van der Waals surface area (Å²) < 4.78 is 5.59. The number of piperazine rings is 1. The largest absolute Gasteiger partial charge is 0.508 e. The van der Waals surface area contributed by atoms with E-state index in [9.17, 15) is 9.90 Å². The van der Waals surface area contributed by atoms with E-state index in [-0.39, 0.29) is 36.5 Å². The quantitative estimate of drug-likeness (QED) is 0.171. The van der Waals surface area contributed by atoms with Crippen molar-refractivity contribution in [1.82, 2.24) is 4.90 Å². The highest BCUT2D eigenvalue weighted by Gasteiger charge is 2.23. The number of anilines is 1. The highest BCUT2D eigenvalue weighted by molar-refractivity contribution is 5.98. The third-order valence-electron chi connectivity index (χ3n) is 7.02. The zero-order valence-corrected chi connectivity index (χ0v) is 25.6. The van der Waals surface area contributed by atoms with Crippen LogP contribution in [0.1, 0.15) is 50.3 Å². The van der Waals surface area contributed by atoms with Gasteiger partial charge in [0.2, 0.25) is 0 Å². The maximum Gasteiger partial charge on any atom is 0.311 e. The maximum absolute atomic E-state index is 12.3. The van der Waals surface area contributed by atoms with Crippen LogP contribution in [0, 0.1) is 5.41 Å². The van der Waals surface area contributed by atoms with Gasteiger partial charge in [-0.05, 0) is 92.8 Å². The number of carbonyl (C=O) groups is 1. The molecule has 7 heteroatoms. The highest BCUT2D eigenvalue weighted by atomic mass is 35.5. The van der Waals surface area contributed by atoms with Crippen molar-refractivity contribution in [1.29, 1.82) is 0 Å². The minimum Gasteiger partial charge on any atom is -0.508 e. The summed E-state index contributed by atoms with van der Waals surface area (Å²) in [7, 11) is 2.17. The number of allylic oxidation sites excluding steroid dienone is 1. The fourth-order valence-electron chi connectivity index (χ4n) is 4.73. The van der Waals surface area contributed by atoms with Crippen molar-refractivity contribution < 1.29 is 14.6 Å². The molecule has 216 valence electrons. The lowest BCUT2D eigenvalue weighted by molar-refractivity contribution is -0.152. The summed E-state index contributed by atoms with van der Waals surface area (Å²) in [5, 5.41) is 9.98. The molecular formula is C33H42Cl2N2O3. The third kappa shape index (κ3) is 8.76. The van der Waals surface area contributed by atoms with E-state index in [1.807, 2.05) is 39.0 Å². The van der Waals surface area contributed by atoms with Crippen LogP contribution in [0.3, 0.4) is 0 Å². The highest BCUT2D eigenvalue weighted by Crippen LogP contribution is 2.36. The lowest BCUT2D eigenvalue weighted by Gasteiger charge is -2.34. The molecule has 0 radical (unpaired) electrons. The molecule has 0 aliphatic carbocycles. The first-order valence-corrected chi connectivity index (χ1v) is 13.5. The molecule has 0 bridgehead atoms. The molecule has 3 aromatic carbocycles. The van der Waals surface area contributed by atoms with Gasteiger partial charge in [-0.25, -0.2) is 0 Å². The number of rotatable bonds is 8. The monoisotopic (exact) mass is 584 g/mol. The van der Waals surface area contributed by atoms with E-state index < -0.39 is 5.41 Å². The number of likely N-dealkylation sites (N-methyl/N-ethyl adjacent to an activating group) is 1. The van der Waals surface area contributed by atoms with E-state index in [2.05, 4.69) is 65.4 Å². The molecule has 1 heterocycles. The topological polar surface area (TPSA) is 53.0 Å². The minimum absolute atomic E-state index is 0. The molecule has 4 rings (SSSR count). The van der Waals surface area contributed by atoms with E-state index >= 15 is 0 Å². The molecule has 5 nitrogen and oxygen atoms in total. The molecule has 0 amide bonds. The number of benzene rings is 3. The number of hydrogen-bond donors (Lipinski definition) is 1. The van der Waals surface area contributed by atoms with Crippen molar-refractivity contribution in [2.75, 3.05) is 44.7 Å². The molecule has 0 unspecified atom stereocenters. The van der Waals surface area contributed by atoms with E-state index in [4.69, 9.17) is 4.74 Å². The zero-order valence-electron chi connectivity index (χ0n) is 23.9. The van der Waals surface area contributed by atoms with Gasteiger partial charge in [-0.15, -0.1) is 24.8 Å². The molecule has 3 aromatic rings. The van der Waals surface area contributed by atoms with Crippen LogP contribution in [0.25, 0.3) is 11.1 Å². The summed E-state index contributed by atoms with van der Waals surface area (Å²) in [6.07, 6.45) is 1.46. The number of hydrogen-bond acceptors (Lipinski definition) is 5. The van der Waals surface area contributed by atoms with Gasteiger partial charge < -0.3 is 19.6 Å². The number of nitrogens with zero attached hydrogens (tertiary/aromatic N) is 2. The van der Waals surface area contributed by atoms with Gasteiger partial charge in [0.25, 0.3) is 0 Å². The number of phenolic OH excluding ortho intramolecular Hbond substituents is 1. The van der Waals surface area contributed by atoms with Crippen molar-refractivity contribution in [3.8, 4) is 5.75 Å². The number of carbonyl (C=O) groups excluding carboxylic acids is 1. The Morgan fingerprint density at radius 2 is 1.35 bits per heavy atom. The molecule has 1 aliphatic heterocycles. The van der Waals surface area contributed by atoms with Crippen LogP contribution < -0.4 is 4.90 Å². The molecule has 40 heavy (non-hydrogen) atoms. The molecule has 0 spiro atoms. The van der Waals surface area contributed by atoms with Crippen LogP contribution in [0.15, 0.2) is 78.9 Å². The van der Waals surface area contributed by atoms with Crippen molar-refractivity contribution in [2.45, 2.75) is 33.6 Å². The van der Waals surface area contributed by atoms with E-state index in [0.717, 1.165) is 54.9 Å². The fourth-order valence-corrected chi connectivity index (χ4v) is 4.73. The number of aromatic hydroxyl groups is 1. The molecule has 1 fully saturated rings. The summed E-state index contributed by atoms with van der Waals surface area (Å²) >= 11 is 0. The maximum atomic E-state index is 12.3. The van der Waals surface area contributed by atoms with Gasteiger partial charge >= 0.3 is 5.97 Å². The van der Waals surface area contributed by atoms with Gasteiger partial charge in [0, 0.05) is 31.9 Å². The van der Waals surface area contributed by atoms with Crippen LogP contribution in [-0.4, -0.2) is 55.8 Å². The van der Waals surface area contributed by atoms with E-state index in [1.54, 1.807) is 12.1 Å². The van der Waals surface area contributed by atoms with Crippen LogP contribution in [0.2, 0.25) is 0 Å². The number of phenols is 1. The lowest BCUT2D eigenvalue weighted by atomic mass is 9.87. The smallest absolute Gasteiger partial charge is 0.311 e. The fraction of sp³-hybridized carbons (Fsp3) is 0.364. The second-order valence-corrected chi connectivity index (χ2v) is 11.1. The molecule has 1 N–H and O–H groups in total. The molecular weight excluding hydrogens is 543 g/mol. The Morgan fingerprint density at radius 3 is 1.90 bits per heavy atom. The van der Waals surface area contributed by atoms with Crippen molar-refractivity contribution in [3.05, 3.63) is 95.6 Å². The minimum atomic E-state index is -0.513. The summed E-state index contributed by atoms with van der Waals surface area (Å²) in [6, 6.07) is 26.7.